The summed E-state index contributed by atoms with van der Waals surface area (Å²) >= 11 is 1.80. The Morgan fingerprint density at radius 3 is 2.64 bits per heavy atom. The number of nitrogens with one attached hydrogen (secondary N) is 1. The van der Waals surface area contributed by atoms with Crippen molar-refractivity contribution in [3.05, 3.63) is 94.5 Å². The molecule has 1 aromatic carbocycles. The summed E-state index contributed by atoms with van der Waals surface area (Å²) in [4.78, 5) is 15.2. The molecule has 4 rings (SSSR count). The third kappa shape index (κ3) is 4.09. The first kappa shape index (κ1) is 17.2. The number of amides is 1. The first-order chi connectivity index (χ1) is 12.2. The van der Waals surface area contributed by atoms with Crippen molar-refractivity contribution in [2.75, 3.05) is 6.54 Å². The van der Waals surface area contributed by atoms with Crippen molar-refractivity contribution in [2.24, 2.45) is 0 Å². The van der Waals surface area contributed by atoms with E-state index in [4.69, 9.17) is 0 Å². The molecule has 3 nitrogen and oxygen atoms in total. The Bertz CT molecular complexity index is 804. The Morgan fingerprint density at radius 2 is 2.04 bits per heavy atom. The fourth-order valence-electron chi connectivity index (χ4n) is 3.08. The van der Waals surface area contributed by atoms with E-state index < -0.39 is 0 Å². The molecule has 0 spiro atoms. The van der Waals surface area contributed by atoms with Crippen molar-refractivity contribution >= 4 is 17.2 Å². The highest BCUT2D eigenvalue weighted by Crippen LogP contribution is 2.37. The highest BCUT2D eigenvalue weighted by molar-refractivity contribution is 7.10. The molecule has 0 saturated heterocycles. The van der Waals surface area contributed by atoms with Crippen molar-refractivity contribution in [3.8, 4) is 0 Å². The molecule has 2 aliphatic rings. The Labute approximate surface area is 153 Å². The van der Waals surface area contributed by atoms with Crippen LogP contribution in [0.1, 0.15) is 29.0 Å². The summed E-state index contributed by atoms with van der Waals surface area (Å²) in [7, 11) is 0. The quantitative estimate of drug-likeness (QED) is 0.826. The van der Waals surface area contributed by atoms with Gasteiger partial charge in [0.25, 0.3) is 0 Å². The zero-order valence-electron chi connectivity index (χ0n) is 14.3. The van der Waals surface area contributed by atoms with Crippen molar-refractivity contribution in [1.82, 2.24) is 10.2 Å². The number of nitrogens with zero attached hydrogens (tertiary/aromatic N) is 1. The largest absolute Gasteiger partial charge is 0.362 e. The maximum atomic E-state index is 11.8. The van der Waals surface area contributed by atoms with Gasteiger partial charge in [-0.05, 0) is 41.1 Å². The predicted molar refractivity (Wildman–Crippen MR) is 104 cm³/mol. The van der Waals surface area contributed by atoms with Crippen LogP contribution in [0.5, 0.6) is 0 Å². The molecule has 0 bridgehead atoms. The first-order valence-corrected chi connectivity index (χ1v) is 9.22. The molecule has 0 radical (unpaired) electrons. The van der Waals surface area contributed by atoms with E-state index in [0.29, 0.717) is 0 Å². The topological polar surface area (TPSA) is 32.3 Å². The second-order valence-corrected chi connectivity index (χ2v) is 6.96. The maximum absolute atomic E-state index is 11.8. The van der Waals surface area contributed by atoms with Gasteiger partial charge >= 0.3 is 0 Å². The van der Waals surface area contributed by atoms with Gasteiger partial charge in [0.05, 0.1) is 6.04 Å². The standard InChI is InChI=1S/C15H15NOS.C6H7N/c1-11(17)16-9-7-14-13(8-10-18-14)15(16)12-5-3-2-4-6-12;1-6-4-2-3-5-7-6/h2-6,8,10,15H,7,9H2,1H3;2-5,7H,1H2. The number of thiophene rings is 1. The highest BCUT2D eigenvalue weighted by atomic mass is 32.1. The van der Waals surface area contributed by atoms with E-state index in [1.165, 1.54) is 16.0 Å². The average molecular weight is 350 g/mol. The minimum absolute atomic E-state index is 0.0960. The van der Waals surface area contributed by atoms with Crippen molar-refractivity contribution in [1.29, 1.82) is 0 Å². The molecule has 0 saturated carbocycles. The van der Waals surface area contributed by atoms with Gasteiger partial charge in [-0.15, -0.1) is 11.3 Å². The zero-order chi connectivity index (χ0) is 17.6. The molecule has 0 aliphatic carbocycles. The smallest absolute Gasteiger partial charge is 0.220 e. The van der Waals surface area contributed by atoms with Gasteiger partial charge in [0, 0.05) is 30.2 Å². The van der Waals surface area contributed by atoms with Crippen LogP contribution in [0.25, 0.3) is 0 Å². The summed E-state index contributed by atoms with van der Waals surface area (Å²) in [6.07, 6.45) is 8.62. The monoisotopic (exact) mass is 350 g/mol. The highest BCUT2D eigenvalue weighted by Gasteiger charge is 2.30. The number of hydrogen-bond donors (Lipinski definition) is 1. The first-order valence-electron chi connectivity index (χ1n) is 8.34. The maximum Gasteiger partial charge on any atom is 0.220 e. The summed E-state index contributed by atoms with van der Waals surface area (Å²) in [6, 6.07) is 12.5. The molecular weight excluding hydrogens is 328 g/mol. The Morgan fingerprint density at radius 1 is 1.24 bits per heavy atom. The molecule has 4 heteroatoms. The van der Waals surface area contributed by atoms with Gasteiger partial charge < -0.3 is 10.2 Å². The van der Waals surface area contributed by atoms with Crippen LogP contribution in [0, 0.1) is 0 Å². The van der Waals surface area contributed by atoms with E-state index in [9.17, 15) is 4.79 Å². The Balaban J connectivity index is 0.000000219. The SMILES string of the molecule is C=C1C=CC=CN1.CC(=O)N1CCc2sccc2C1c1ccccc1. The summed E-state index contributed by atoms with van der Waals surface area (Å²) in [5.41, 5.74) is 3.45. The van der Waals surface area contributed by atoms with Crippen LogP contribution in [0.2, 0.25) is 0 Å². The summed E-state index contributed by atoms with van der Waals surface area (Å²) in [6.45, 7) is 6.15. The third-order valence-electron chi connectivity index (χ3n) is 4.26. The molecule has 1 aromatic heterocycles. The molecule has 1 amide bonds. The third-order valence-corrected chi connectivity index (χ3v) is 5.26. The lowest BCUT2D eigenvalue weighted by molar-refractivity contribution is -0.130. The summed E-state index contributed by atoms with van der Waals surface area (Å²) < 4.78 is 0. The summed E-state index contributed by atoms with van der Waals surface area (Å²) in [5, 5.41) is 5.05. The van der Waals surface area contributed by atoms with Crippen molar-refractivity contribution in [2.45, 2.75) is 19.4 Å². The summed E-state index contributed by atoms with van der Waals surface area (Å²) in [5.74, 6) is 0.153. The molecule has 3 heterocycles. The van der Waals surface area contributed by atoms with Crippen LogP contribution in [-0.2, 0) is 11.2 Å². The van der Waals surface area contributed by atoms with Gasteiger partial charge in [0.1, 0.15) is 0 Å². The zero-order valence-corrected chi connectivity index (χ0v) is 15.1. The van der Waals surface area contributed by atoms with Crippen LogP contribution in [0.15, 0.2) is 78.5 Å². The molecule has 1 atom stereocenters. The van der Waals surface area contributed by atoms with Gasteiger partial charge in [-0.2, -0.15) is 0 Å². The van der Waals surface area contributed by atoms with Gasteiger partial charge in [0.2, 0.25) is 5.91 Å². The lowest BCUT2D eigenvalue weighted by atomic mass is 9.93. The predicted octanol–water partition coefficient (Wildman–Crippen LogP) is 4.42. The second-order valence-electron chi connectivity index (χ2n) is 5.96. The average Bonchev–Trinajstić information content (AvgIpc) is 3.11. The number of carbonyl (C=O) groups excluding carboxylic acids is 1. The molecule has 1 unspecified atom stereocenters. The molecule has 0 fully saturated rings. The lowest BCUT2D eigenvalue weighted by Crippen LogP contribution is -2.38. The van der Waals surface area contributed by atoms with Crippen molar-refractivity contribution < 1.29 is 4.79 Å². The molecule has 1 N–H and O–H groups in total. The van der Waals surface area contributed by atoms with Gasteiger partial charge in [-0.3, -0.25) is 4.79 Å². The van der Waals surface area contributed by atoms with Crippen LogP contribution < -0.4 is 5.32 Å². The van der Waals surface area contributed by atoms with E-state index in [2.05, 4.69) is 35.5 Å². The van der Waals surface area contributed by atoms with E-state index in [-0.39, 0.29) is 11.9 Å². The molecular formula is C21H22N2OS. The van der Waals surface area contributed by atoms with E-state index in [1.807, 2.05) is 47.5 Å². The normalized spacial score (nSPS) is 18.0. The number of carbonyl (C=O) groups is 1. The van der Waals surface area contributed by atoms with Crippen LogP contribution in [0.3, 0.4) is 0 Å². The van der Waals surface area contributed by atoms with Crippen LogP contribution >= 0.6 is 11.3 Å². The van der Waals surface area contributed by atoms with E-state index in [0.717, 1.165) is 18.7 Å². The number of hydrogen-bond acceptors (Lipinski definition) is 3. The van der Waals surface area contributed by atoms with Gasteiger partial charge in [0.15, 0.2) is 0 Å². The fraction of sp³-hybridized carbons (Fsp3) is 0.190. The molecule has 2 aromatic rings. The minimum Gasteiger partial charge on any atom is -0.362 e. The van der Waals surface area contributed by atoms with Gasteiger partial charge in [-0.25, -0.2) is 0 Å². The lowest BCUT2D eigenvalue weighted by Gasteiger charge is -2.35. The fourth-order valence-corrected chi connectivity index (χ4v) is 3.98. The van der Waals surface area contributed by atoms with Crippen LogP contribution in [-0.4, -0.2) is 17.4 Å². The number of rotatable bonds is 1. The number of dihydropyridines is 1. The molecule has 128 valence electrons. The van der Waals surface area contributed by atoms with Crippen LogP contribution in [0.4, 0.5) is 0 Å². The second kappa shape index (κ2) is 7.99. The number of benzene rings is 1. The Kier molecular flexibility index (Phi) is 5.51. The molecule has 2 aliphatic heterocycles. The van der Waals surface area contributed by atoms with E-state index >= 15 is 0 Å². The van der Waals surface area contributed by atoms with Crippen molar-refractivity contribution in [3.63, 3.8) is 0 Å². The number of allylic oxidation sites excluding steroid dienone is 3. The van der Waals surface area contributed by atoms with E-state index in [1.54, 1.807) is 18.3 Å². The van der Waals surface area contributed by atoms with Gasteiger partial charge in [-0.1, -0.05) is 43.0 Å². The molecule has 25 heavy (non-hydrogen) atoms. The Hall–Kier alpha value is -2.59. The minimum atomic E-state index is 0.0960. The number of fused-ring (bicyclic) bond motifs is 1.